The summed E-state index contributed by atoms with van der Waals surface area (Å²) in [6, 6.07) is 8.11. The van der Waals surface area contributed by atoms with Crippen LogP contribution in [0.2, 0.25) is 5.15 Å². The van der Waals surface area contributed by atoms with Crippen LogP contribution in [0.5, 0.6) is 5.75 Å². The molecule has 0 bridgehead atoms. The molecule has 0 amide bonds. The molecule has 0 aliphatic heterocycles. The van der Waals surface area contributed by atoms with Gasteiger partial charge in [0.2, 0.25) is 0 Å². The Labute approximate surface area is 135 Å². The van der Waals surface area contributed by atoms with Crippen LogP contribution in [-0.2, 0) is 19.9 Å². The molecule has 5 heteroatoms. The van der Waals surface area contributed by atoms with Crippen LogP contribution in [0.3, 0.4) is 0 Å². The Bertz CT molecular complexity index is 593. The van der Waals surface area contributed by atoms with E-state index in [9.17, 15) is 0 Å². The lowest BCUT2D eigenvalue weighted by molar-refractivity contribution is 0.414. The zero-order chi connectivity index (χ0) is 15.4. The molecule has 1 aromatic heterocycles. The van der Waals surface area contributed by atoms with Crippen LogP contribution in [0.1, 0.15) is 16.8 Å². The van der Waals surface area contributed by atoms with Crippen molar-refractivity contribution >= 4 is 23.2 Å². The smallest absolute Gasteiger partial charge is 0.130 e. The lowest BCUT2D eigenvalue weighted by atomic mass is 9.94. The van der Waals surface area contributed by atoms with Crippen molar-refractivity contribution in [1.82, 2.24) is 9.78 Å². The van der Waals surface area contributed by atoms with Gasteiger partial charge in [-0.05, 0) is 43.4 Å². The minimum absolute atomic E-state index is 0.334. The highest BCUT2D eigenvalue weighted by atomic mass is 35.5. The van der Waals surface area contributed by atoms with E-state index in [1.165, 1.54) is 5.56 Å². The minimum atomic E-state index is 0.334. The Kier molecular flexibility index (Phi) is 5.54. The zero-order valence-corrected chi connectivity index (χ0v) is 14.1. The molecule has 2 aromatic rings. The van der Waals surface area contributed by atoms with Gasteiger partial charge in [-0.15, -0.1) is 11.6 Å². The fourth-order valence-electron chi connectivity index (χ4n) is 2.47. The highest BCUT2D eigenvalue weighted by Crippen LogP contribution is 2.25. The van der Waals surface area contributed by atoms with E-state index in [1.807, 2.05) is 26.1 Å². The van der Waals surface area contributed by atoms with Crippen molar-refractivity contribution in [3.05, 3.63) is 46.2 Å². The molecule has 1 heterocycles. The highest BCUT2D eigenvalue weighted by molar-refractivity contribution is 6.30. The maximum Gasteiger partial charge on any atom is 0.130 e. The van der Waals surface area contributed by atoms with E-state index in [-0.39, 0.29) is 0 Å². The second-order valence-corrected chi connectivity index (χ2v) is 5.92. The van der Waals surface area contributed by atoms with Gasteiger partial charge in [0.25, 0.3) is 0 Å². The van der Waals surface area contributed by atoms with Gasteiger partial charge in [0.05, 0.1) is 12.8 Å². The van der Waals surface area contributed by atoms with E-state index in [2.05, 4.69) is 17.2 Å². The first-order chi connectivity index (χ1) is 10.0. The molecule has 0 radical (unpaired) electrons. The molecule has 114 valence electrons. The van der Waals surface area contributed by atoms with Gasteiger partial charge in [0, 0.05) is 18.5 Å². The summed E-state index contributed by atoms with van der Waals surface area (Å²) in [5.74, 6) is 1.80. The fourth-order valence-corrected chi connectivity index (χ4v) is 2.94. The molecule has 0 fully saturated rings. The third-order valence-electron chi connectivity index (χ3n) is 3.66. The number of nitrogens with zero attached hydrogens (tertiary/aromatic N) is 2. The van der Waals surface area contributed by atoms with Gasteiger partial charge < -0.3 is 4.74 Å². The highest BCUT2D eigenvalue weighted by Gasteiger charge is 2.17. The number of ether oxygens (including phenoxy) is 1. The quantitative estimate of drug-likeness (QED) is 0.749. The van der Waals surface area contributed by atoms with Gasteiger partial charge in [0.1, 0.15) is 10.9 Å². The summed E-state index contributed by atoms with van der Waals surface area (Å²) in [4.78, 5) is 0. The predicted molar refractivity (Wildman–Crippen MR) is 87.6 cm³/mol. The summed E-state index contributed by atoms with van der Waals surface area (Å²) in [6.45, 7) is 1.99. The van der Waals surface area contributed by atoms with E-state index in [1.54, 1.807) is 11.8 Å². The number of alkyl halides is 1. The Morgan fingerprint density at radius 3 is 2.38 bits per heavy atom. The van der Waals surface area contributed by atoms with Crippen molar-refractivity contribution < 1.29 is 4.74 Å². The summed E-state index contributed by atoms with van der Waals surface area (Å²) in [5, 5.41) is 5.06. The molecule has 0 saturated heterocycles. The number of rotatable bonds is 6. The molecular weight excluding hydrogens is 307 g/mol. The number of hydrogen-bond donors (Lipinski definition) is 0. The molecule has 0 saturated carbocycles. The number of aryl methyl sites for hydroxylation is 2. The number of hydrogen-bond acceptors (Lipinski definition) is 2. The fraction of sp³-hybridized carbons (Fsp3) is 0.438. The molecule has 0 aliphatic rings. The lowest BCUT2D eigenvalue weighted by Gasteiger charge is -2.14. The Morgan fingerprint density at radius 2 is 1.90 bits per heavy atom. The molecule has 0 spiro atoms. The van der Waals surface area contributed by atoms with Gasteiger partial charge in [-0.2, -0.15) is 5.10 Å². The van der Waals surface area contributed by atoms with Crippen molar-refractivity contribution in [2.45, 2.75) is 19.8 Å². The predicted octanol–water partition coefficient (Wildman–Crippen LogP) is 4.03. The van der Waals surface area contributed by atoms with E-state index in [0.29, 0.717) is 17.0 Å². The van der Waals surface area contributed by atoms with E-state index >= 15 is 0 Å². The number of benzene rings is 1. The maximum absolute atomic E-state index is 6.30. The summed E-state index contributed by atoms with van der Waals surface area (Å²) >= 11 is 12.4. The van der Waals surface area contributed by atoms with Crippen molar-refractivity contribution in [2.75, 3.05) is 13.0 Å². The second-order valence-electron chi connectivity index (χ2n) is 5.26. The molecule has 1 aromatic carbocycles. The molecule has 0 N–H and O–H groups in total. The van der Waals surface area contributed by atoms with Gasteiger partial charge in [-0.3, -0.25) is 4.68 Å². The third kappa shape index (κ3) is 3.92. The van der Waals surface area contributed by atoms with Crippen molar-refractivity contribution in [3.63, 3.8) is 0 Å². The summed E-state index contributed by atoms with van der Waals surface area (Å²) in [7, 11) is 3.53. The lowest BCUT2D eigenvalue weighted by Crippen LogP contribution is -2.11. The van der Waals surface area contributed by atoms with Crippen molar-refractivity contribution in [1.29, 1.82) is 0 Å². The average molecular weight is 327 g/mol. The van der Waals surface area contributed by atoms with Crippen LogP contribution in [0.15, 0.2) is 24.3 Å². The summed E-state index contributed by atoms with van der Waals surface area (Å²) in [6.07, 6.45) is 1.76. The van der Waals surface area contributed by atoms with Crippen LogP contribution in [-0.4, -0.2) is 22.8 Å². The van der Waals surface area contributed by atoms with Crippen LogP contribution < -0.4 is 4.74 Å². The van der Waals surface area contributed by atoms with E-state index in [0.717, 1.165) is 29.8 Å². The second kappa shape index (κ2) is 7.19. The Hall–Kier alpha value is -1.19. The molecule has 1 atom stereocenters. The van der Waals surface area contributed by atoms with Crippen LogP contribution in [0.4, 0.5) is 0 Å². The standard InChI is InChI=1S/C16H20Cl2N2O/c1-11-15(16(18)20(2)19-11)9-13(10-17)8-12-4-6-14(21-3)7-5-12/h4-7,13H,8-10H2,1-3H3. The van der Waals surface area contributed by atoms with Gasteiger partial charge in [0.15, 0.2) is 0 Å². The van der Waals surface area contributed by atoms with E-state index < -0.39 is 0 Å². The van der Waals surface area contributed by atoms with Gasteiger partial charge in [-0.1, -0.05) is 23.7 Å². The first kappa shape index (κ1) is 16.2. The van der Waals surface area contributed by atoms with Gasteiger partial charge >= 0.3 is 0 Å². The summed E-state index contributed by atoms with van der Waals surface area (Å²) in [5.41, 5.74) is 3.32. The van der Waals surface area contributed by atoms with Crippen molar-refractivity contribution in [2.24, 2.45) is 13.0 Å². The van der Waals surface area contributed by atoms with Gasteiger partial charge in [-0.25, -0.2) is 0 Å². The average Bonchev–Trinajstić information content (AvgIpc) is 2.73. The first-order valence-electron chi connectivity index (χ1n) is 6.92. The SMILES string of the molecule is COc1ccc(CC(CCl)Cc2c(C)nn(C)c2Cl)cc1. The van der Waals surface area contributed by atoms with Crippen LogP contribution in [0.25, 0.3) is 0 Å². The summed E-state index contributed by atoms with van der Waals surface area (Å²) < 4.78 is 6.89. The first-order valence-corrected chi connectivity index (χ1v) is 7.83. The van der Waals surface area contributed by atoms with Crippen LogP contribution >= 0.6 is 23.2 Å². The normalized spacial score (nSPS) is 12.4. The zero-order valence-electron chi connectivity index (χ0n) is 12.6. The molecular formula is C16H20Cl2N2O. The third-order valence-corrected chi connectivity index (χ3v) is 4.57. The minimum Gasteiger partial charge on any atom is -0.497 e. The largest absolute Gasteiger partial charge is 0.497 e. The molecule has 21 heavy (non-hydrogen) atoms. The molecule has 3 nitrogen and oxygen atoms in total. The molecule has 2 rings (SSSR count). The Balaban J connectivity index is 2.09. The van der Waals surface area contributed by atoms with Crippen molar-refractivity contribution in [3.8, 4) is 5.75 Å². The molecule has 0 aliphatic carbocycles. The number of aromatic nitrogens is 2. The monoisotopic (exact) mass is 326 g/mol. The topological polar surface area (TPSA) is 27.1 Å². The van der Waals surface area contributed by atoms with E-state index in [4.69, 9.17) is 27.9 Å². The number of methoxy groups -OCH3 is 1. The number of halogens is 2. The maximum atomic E-state index is 6.30. The Morgan fingerprint density at radius 1 is 1.24 bits per heavy atom. The van der Waals surface area contributed by atoms with Crippen LogP contribution in [0, 0.1) is 12.8 Å². The molecule has 1 unspecified atom stereocenters.